The van der Waals surface area contributed by atoms with Gasteiger partial charge in [-0.3, -0.25) is 24.5 Å². The number of piperidine rings is 1. The number of carbonyl (C=O) groups excluding carboxylic acids is 4. The Bertz CT molecular complexity index is 1210. The number of ether oxygens (including phenoxy) is 1. The van der Waals surface area contributed by atoms with E-state index in [0.717, 1.165) is 32.1 Å². The van der Waals surface area contributed by atoms with Gasteiger partial charge in [-0.1, -0.05) is 25.3 Å². The summed E-state index contributed by atoms with van der Waals surface area (Å²) < 4.78 is 5.60. The molecule has 1 saturated heterocycles. The molecular weight excluding hydrogens is 486 g/mol. The number of nitrogens with one attached hydrogen (secondary N) is 1. The minimum absolute atomic E-state index is 0.0392. The molecule has 10 nitrogen and oxygen atoms in total. The van der Waals surface area contributed by atoms with Crippen LogP contribution in [0, 0.1) is 0 Å². The number of fused-ring (bicyclic) bond motifs is 1. The SMILES string of the molecule is NCCCCCCCC(=O)COc1ccc(N=Nc2cccc3c2CN(C2CCC(=O)NC2=O)C3=O)cc1. The van der Waals surface area contributed by atoms with Gasteiger partial charge in [-0.15, -0.1) is 0 Å². The Morgan fingerprint density at radius 2 is 1.76 bits per heavy atom. The maximum absolute atomic E-state index is 13.0. The summed E-state index contributed by atoms with van der Waals surface area (Å²) >= 11 is 0. The third-order valence-electron chi connectivity index (χ3n) is 6.73. The van der Waals surface area contributed by atoms with Gasteiger partial charge in [0.05, 0.1) is 11.4 Å². The highest BCUT2D eigenvalue weighted by atomic mass is 16.5. The first-order chi connectivity index (χ1) is 18.5. The van der Waals surface area contributed by atoms with Crippen LogP contribution in [0.1, 0.15) is 67.3 Å². The molecule has 3 amide bonds. The number of Topliss-reactive ketones (excluding diaryl/α,β-unsaturated/α-hetero) is 1. The maximum atomic E-state index is 13.0. The molecule has 0 spiro atoms. The lowest BCUT2D eigenvalue weighted by Gasteiger charge is -2.29. The zero-order valence-corrected chi connectivity index (χ0v) is 21.4. The summed E-state index contributed by atoms with van der Waals surface area (Å²) in [6.45, 7) is 0.981. The van der Waals surface area contributed by atoms with Crippen molar-refractivity contribution in [2.24, 2.45) is 16.0 Å². The fourth-order valence-corrected chi connectivity index (χ4v) is 4.62. The van der Waals surface area contributed by atoms with Crippen molar-refractivity contribution in [2.75, 3.05) is 13.2 Å². The zero-order valence-electron chi connectivity index (χ0n) is 21.4. The molecule has 200 valence electrons. The van der Waals surface area contributed by atoms with Crippen molar-refractivity contribution < 1.29 is 23.9 Å². The Balaban J connectivity index is 1.30. The van der Waals surface area contributed by atoms with E-state index in [-0.39, 0.29) is 37.2 Å². The third kappa shape index (κ3) is 6.89. The van der Waals surface area contributed by atoms with E-state index in [4.69, 9.17) is 10.5 Å². The van der Waals surface area contributed by atoms with Crippen molar-refractivity contribution in [2.45, 2.75) is 64.0 Å². The monoisotopic (exact) mass is 519 g/mol. The molecule has 4 rings (SSSR count). The van der Waals surface area contributed by atoms with Crippen LogP contribution in [0.15, 0.2) is 52.7 Å². The molecule has 1 atom stereocenters. The molecule has 2 aromatic carbocycles. The molecule has 1 fully saturated rings. The minimum Gasteiger partial charge on any atom is -0.486 e. The number of ketones is 1. The van der Waals surface area contributed by atoms with Crippen LogP contribution in [-0.4, -0.2) is 47.6 Å². The molecule has 2 aliphatic rings. The Hall–Kier alpha value is -3.92. The second-order valence-electron chi connectivity index (χ2n) is 9.53. The van der Waals surface area contributed by atoms with Gasteiger partial charge in [-0.05, 0) is 62.2 Å². The minimum atomic E-state index is -0.682. The number of nitrogens with zero attached hydrogens (tertiary/aromatic N) is 3. The summed E-state index contributed by atoms with van der Waals surface area (Å²) in [5.41, 5.74) is 7.79. The van der Waals surface area contributed by atoms with E-state index < -0.39 is 11.9 Å². The van der Waals surface area contributed by atoms with Crippen LogP contribution in [-0.2, 0) is 20.9 Å². The molecule has 0 bridgehead atoms. The molecule has 38 heavy (non-hydrogen) atoms. The molecule has 2 aromatic rings. The van der Waals surface area contributed by atoms with Gasteiger partial charge in [0.25, 0.3) is 5.91 Å². The van der Waals surface area contributed by atoms with Crippen LogP contribution in [0.2, 0.25) is 0 Å². The van der Waals surface area contributed by atoms with Crippen molar-refractivity contribution in [3.05, 3.63) is 53.6 Å². The molecule has 0 aromatic heterocycles. The number of azo groups is 1. The lowest BCUT2D eigenvalue weighted by atomic mass is 10.0. The highest BCUT2D eigenvalue weighted by molar-refractivity contribution is 6.06. The van der Waals surface area contributed by atoms with Crippen LogP contribution >= 0.6 is 0 Å². The van der Waals surface area contributed by atoms with Gasteiger partial charge in [0.15, 0.2) is 5.78 Å². The topological polar surface area (TPSA) is 144 Å². The molecule has 1 unspecified atom stereocenters. The van der Waals surface area contributed by atoms with Crippen molar-refractivity contribution in [3.8, 4) is 5.75 Å². The van der Waals surface area contributed by atoms with Gasteiger partial charge < -0.3 is 15.4 Å². The van der Waals surface area contributed by atoms with E-state index in [1.54, 1.807) is 42.5 Å². The van der Waals surface area contributed by atoms with Crippen LogP contribution in [0.25, 0.3) is 0 Å². The highest BCUT2D eigenvalue weighted by Crippen LogP contribution is 2.34. The predicted molar refractivity (Wildman–Crippen MR) is 140 cm³/mol. The molecular formula is C28H33N5O5. The fourth-order valence-electron chi connectivity index (χ4n) is 4.62. The number of rotatable bonds is 13. The van der Waals surface area contributed by atoms with E-state index in [1.807, 2.05) is 0 Å². The summed E-state index contributed by atoms with van der Waals surface area (Å²) in [6.07, 6.45) is 6.15. The summed E-state index contributed by atoms with van der Waals surface area (Å²) in [6, 6.07) is 11.5. The van der Waals surface area contributed by atoms with Gasteiger partial charge in [-0.2, -0.15) is 10.2 Å². The number of hydrogen-bond donors (Lipinski definition) is 2. The first-order valence-electron chi connectivity index (χ1n) is 13.1. The lowest BCUT2D eigenvalue weighted by Crippen LogP contribution is -2.52. The Labute approximate surface area is 221 Å². The standard InChI is InChI=1S/C28H33N5O5/c29-16-5-3-1-2-4-7-20(34)18-38-21-12-10-19(11-13-21)31-32-24-9-6-8-22-23(24)17-33(28(22)37)25-14-15-26(35)30-27(25)36/h6,8-13,25H,1-5,7,14-18,29H2,(H,30,35,36). The van der Waals surface area contributed by atoms with Crippen molar-refractivity contribution in [1.82, 2.24) is 10.2 Å². The van der Waals surface area contributed by atoms with Gasteiger partial charge in [0, 0.05) is 30.5 Å². The number of benzene rings is 2. The number of unbranched alkanes of at least 4 members (excludes halogenated alkanes) is 4. The number of nitrogens with two attached hydrogens (primary N) is 1. The first-order valence-corrected chi connectivity index (χ1v) is 13.1. The van der Waals surface area contributed by atoms with Gasteiger partial charge >= 0.3 is 0 Å². The molecule has 2 heterocycles. The summed E-state index contributed by atoms with van der Waals surface area (Å²) in [7, 11) is 0. The predicted octanol–water partition coefficient (Wildman–Crippen LogP) is 4.11. The van der Waals surface area contributed by atoms with Gasteiger partial charge in [-0.25, -0.2) is 0 Å². The summed E-state index contributed by atoms with van der Waals surface area (Å²) in [4.78, 5) is 50.3. The second kappa shape index (κ2) is 13.0. The number of carbonyl (C=O) groups is 4. The van der Waals surface area contributed by atoms with Gasteiger partial charge in [0.2, 0.25) is 11.8 Å². The molecule has 0 aliphatic carbocycles. The van der Waals surface area contributed by atoms with E-state index in [2.05, 4.69) is 15.5 Å². The smallest absolute Gasteiger partial charge is 0.255 e. The average Bonchev–Trinajstić information content (AvgIpc) is 3.25. The summed E-state index contributed by atoms with van der Waals surface area (Å²) in [5, 5.41) is 10.9. The van der Waals surface area contributed by atoms with E-state index in [1.165, 1.54) is 4.90 Å². The molecule has 2 aliphatic heterocycles. The Kier molecular flexibility index (Phi) is 9.31. The second-order valence-corrected chi connectivity index (χ2v) is 9.53. The average molecular weight is 520 g/mol. The number of amides is 3. The van der Waals surface area contributed by atoms with Crippen molar-refractivity contribution in [1.29, 1.82) is 0 Å². The van der Waals surface area contributed by atoms with E-state index in [0.29, 0.717) is 47.6 Å². The van der Waals surface area contributed by atoms with Crippen LogP contribution in [0.5, 0.6) is 5.75 Å². The summed E-state index contributed by atoms with van der Waals surface area (Å²) in [5.74, 6) is -0.377. The zero-order chi connectivity index (χ0) is 26.9. The van der Waals surface area contributed by atoms with Crippen LogP contribution in [0.3, 0.4) is 0 Å². The molecule has 10 heteroatoms. The molecule has 0 saturated carbocycles. The molecule has 3 N–H and O–H groups in total. The van der Waals surface area contributed by atoms with E-state index in [9.17, 15) is 19.2 Å². The number of imide groups is 1. The number of hydrogen-bond acceptors (Lipinski definition) is 8. The fraction of sp³-hybridized carbons (Fsp3) is 0.429. The quantitative estimate of drug-likeness (QED) is 0.232. The van der Waals surface area contributed by atoms with Crippen LogP contribution in [0.4, 0.5) is 11.4 Å². The van der Waals surface area contributed by atoms with Crippen molar-refractivity contribution in [3.63, 3.8) is 0 Å². The first kappa shape index (κ1) is 27.1. The third-order valence-corrected chi connectivity index (χ3v) is 6.73. The highest BCUT2D eigenvalue weighted by Gasteiger charge is 2.39. The maximum Gasteiger partial charge on any atom is 0.255 e. The van der Waals surface area contributed by atoms with Crippen LogP contribution < -0.4 is 15.8 Å². The normalized spacial score (nSPS) is 17.1. The van der Waals surface area contributed by atoms with E-state index >= 15 is 0 Å². The largest absolute Gasteiger partial charge is 0.486 e. The van der Waals surface area contributed by atoms with Crippen molar-refractivity contribution >= 4 is 34.9 Å². The lowest BCUT2D eigenvalue weighted by molar-refractivity contribution is -0.137. The Morgan fingerprint density at radius 1 is 1.00 bits per heavy atom. The van der Waals surface area contributed by atoms with Gasteiger partial charge in [0.1, 0.15) is 18.4 Å². The Morgan fingerprint density at radius 3 is 2.53 bits per heavy atom. The molecule has 0 radical (unpaired) electrons.